The second-order valence-electron chi connectivity index (χ2n) is 16.5. The predicted octanol–water partition coefficient (Wildman–Crippen LogP) is 4.30. The van der Waals surface area contributed by atoms with Crippen molar-refractivity contribution in [3.8, 4) is 0 Å². The van der Waals surface area contributed by atoms with E-state index in [4.69, 9.17) is 21.1 Å². The number of anilines is 1. The van der Waals surface area contributed by atoms with Gasteiger partial charge in [-0.15, -0.1) is 0 Å². The maximum Gasteiger partial charge on any atom is 0.229 e. The van der Waals surface area contributed by atoms with Crippen LogP contribution in [0.15, 0.2) is 48.5 Å². The van der Waals surface area contributed by atoms with E-state index in [9.17, 15) is 19.2 Å². The molecule has 298 valence electrons. The van der Waals surface area contributed by atoms with E-state index in [1.807, 2.05) is 104 Å². The van der Waals surface area contributed by atoms with Crippen molar-refractivity contribution < 1.29 is 28.7 Å². The minimum atomic E-state index is -0.762. The van der Waals surface area contributed by atoms with Gasteiger partial charge in [0, 0.05) is 62.2 Å². The first-order valence-corrected chi connectivity index (χ1v) is 18.6. The number of nitrogens with two attached hydrogens (primary N) is 2. The summed E-state index contributed by atoms with van der Waals surface area (Å²) in [4.78, 5) is 53.0. The molecular formula is C41H63N7O6. The standard InChI is InChI=1S/C41H63N7O6/c1-38(2,36(51)44-9)20-23-53-40(5,6)25-32(49)46-22-19-33(50)47-26-28-15-11-12-16-29(28)35(34(42)30-17-13-14-18-31(30)47)48(43)27-41(7,8)54-24-21-39(3,4)37(52)45-10/h11-18H,19-27,42-43H2,1-10H3,(H,44,51)(H,45,52)(H,46,49)/b35-34-. The summed E-state index contributed by atoms with van der Waals surface area (Å²) in [5, 5.41) is 9.86. The van der Waals surface area contributed by atoms with Crippen LogP contribution < -0.4 is 32.4 Å². The van der Waals surface area contributed by atoms with E-state index in [1.54, 1.807) is 24.0 Å². The van der Waals surface area contributed by atoms with E-state index >= 15 is 0 Å². The van der Waals surface area contributed by atoms with Crippen LogP contribution in [0, 0.1) is 10.8 Å². The van der Waals surface area contributed by atoms with Crippen LogP contribution in [0.25, 0.3) is 11.4 Å². The first-order chi connectivity index (χ1) is 25.1. The van der Waals surface area contributed by atoms with Crippen LogP contribution in [-0.2, 0) is 35.2 Å². The van der Waals surface area contributed by atoms with E-state index in [-0.39, 0.29) is 56.1 Å². The molecule has 0 aromatic heterocycles. The number of fused-ring (bicyclic) bond motifs is 2. The van der Waals surface area contributed by atoms with E-state index < -0.39 is 22.0 Å². The monoisotopic (exact) mass is 749 g/mol. The third-order valence-corrected chi connectivity index (χ3v) is 9.85. The van der Waals surface area contributed by atoms with Crippen molar-refractivity contribution in [3.05, 3.63) is 65.2 Å². The van der Waals surface area contributed by atoms with Crippen molar-refractivity contribution in [3.63, 3.8) is 0 Å². The minimum Gasteiger partial charge on any atom is -0.396 e. The summed E-state index contributed by atoms with van der Waals surface area (Å²) in [6.07, 6.45) is 1.19. The molecule has 0 spiro atoms. The van der Waals surface area contributed by atoms with Gasteiger partial charge in [0.15, 0.2) is 0 Å². The largest absolute Gasteiger partial charge is 0.396 e. The van der Waals surface area contributed by atoms with E-state index in [0.717, 1.165) is 11.1 Å². The molecule has 1 heterocycles. The zero-order chi connectivity index (χ0) is 40.5. The molecule has 0 saturated carbocycles. The van der Waals surface area contributed by atoms with Gasteiger partial charge in [0.1, 0.15) is 0 Å². The van der Waals surface area contributed by atoms with Crippen LogP contribution in [0.4, 0.5) is 5.69 Å². The summed E-state index contributed by atoms with van der Waals surface area (Å²) in [6.45, 7) is 16.4. The Morgan fingerprint density at radius 2 is 1.30 bits per heavy atom. The van der Waals surface area contributed by atoms with Gasteiger partial charge in [-0.3, -0.25) is 19.2 Å². The molecule has 13 nitrogen and oxygen atoms in total. The molecule has 4 amide bonds. The molecule has 1 aliphatic heterocycles. The topological polar surface area (TPSA) is 181 Å². The number of rotatable bonds is 18. The predicted molar refractivity (Wildman–Crippen MR) is 213 cm³/mol. The Labute approximate surface area is 321 Å². The second-order valence-corrected chi connectivity index (χ2v) is 16.5. The van der Waals surface area contributed by atoms with Crippen LogP contribution in [0.3, 0.4) is 0 Å². The molecular weight excluding hydrogens is 686 g/mol. The van der Waals surface area contributed by atoms with Crippen LogP contribution in [0.1, 0.15) is 97.8 Å². The average molecular weight is 750 g/mol. The van der Waals surface area contributed by atoms with Crippen molar-refractivity contribution in [1.29, 1.82) is 0 Å². The lowest BCUT2D eigenvalue weighted by Crippen LogP contribution is -2.45. The molecule has 0 radical (unpaired) electrons. The number of nitrogens with one attached hydrogen (secondary N) is 3. The molecule has 3 rings (SSSR count). The normalized spacial score (nSPS) is 15.0. The smallest absolute Gasteiger partial charge is 0.229 e. The van der Waals surface area contributed by atoms with Crippen molar-refractivity contribution in [2.24, 2.45) is 22.4 Å². The minimum absolute atomic E-state index is 0.0498. The lowest BCUT2D eigenvalue weighted by atomic mass is 9.88. The number of para-hydroxylation sites is 1. The summed E-state index contributed by atoms with van der Waals surface area (Å²) in [7, 11) is 3.23. The van der Waals surface area contributed by atoms with E-state index in [2.05, 4.69) is 16.0 Å². The Morgan fingerprint density at radius 3 is 1.87 bits per heavy atom. The highest BCUT2D eigenvalue weighted by atomic mass is 16.5. The first kappa shape index (κ1) is 43.9. The summed E-state index contributed by atoms with van der Waals surface area (Å²) in [6, 6.07) is 15.2. The maximum absolute atomic E-state index is 13.9. The maximum atomic E-state index is 13.9. The number of carbonyl (C=O) groups is 4. The fraction of sp³-hybridized carbons (Fsp3) is 0.561. The number of ether oxygens (including phenoxy) is 2. The molecule has 0 unspecified atom stereocenters. The number of carbonyl (C=O) groups excluding carboxylic acids is 4. The molecule has 7 N–H and O–H groups in total. The fourth-order valence-corrected chi connectivity index (χ4v) is 6.43. The van der Waals surface area contributed by atoms with Crippen molar-refractivity contribution in [1.82, 2.24) is 21.0 Å². The molecule has 0 fully saturated rings. The van der Waals surface area contributed by atoms with Gasteiger partial charge in [-0.1, -0.05) is 70.2 Å². The van der Waals surface area contributed by atoms with Gasteiger partial charge in [-0.05, 0) is 52.2 Å². The highest BCUT2D eigenvalue weighted by Gasteiger charge is 2.33. The highest BCUT2D eigenvalue weighted by molar-refractivity contribution is 6.01. The quantitative estimate of drug-likeness (QED) is 0.110. The van der Waals surface area contributed by atoms with E-state index in [0.29, 0.717) is 48.7 Å². The zero-order valence-electron chi connectivity index (χ0n) is 34.0. The molecule has 0 atom stereocenters. The number of nitrogens with zero attached hydrogens (tertiary/aromatic N) is 2. The van der Waals surface area contributed by atoms with Crippen LogP contribution in [0.5, 0.6) is 0 Å². The molecule has 1 aliphatic rings. The number of amides is 4. The van der Waals surface area contributed by atoms with Crippen molar-refractivity contribution in [2.75, 3.05) is 45.3 Å². The van der Waals surface area contributed by atoms with Gasteiger partial charge in [-0.25, -0.2) is 5.84 Å². The van der Waals surface area contributed by atoms with Crippen LogP contribution in [0.2, 0.25) is 0 Å². The molecule has 0 aliphatic carbocycles. The molecule has 0 bridgehead atoms. The van der Waals surface area contributed by atoms with Gasteiger partial charge in [0.25, 0.3) is 0 Å². The summed E-state index contributed by atoms with van der Waals surface area (Å²) < 4.78 is 12.3. The number of hydrogen-bond acceptors (Lipinski definition) is 9. The fourth-order valence-electron chi connectivity index (χ4n) is 6.43. The summed E-state index contributed by atoms with van der Waals surface area (Å²) >= 11 is 0. The third-order valence-electron chi connectivity index (χ3n) is 9.85. The molecule has 0 saturated heterocycles. The average Bonchev–Trinajstić information content (AvgIpc) is 3.08. The van der Waals surface area contributed by atoms with E-state index in [1.165, 1.54) is 0 Å². The number of hydrogen-bond donors (Lipinski definition) is 5. The first-order valence-electron chi connectivity index (χ1n) is 18.6. The van der Waals surface area contributed by atoms with Crippen molar-refractivity contribution in [2.45, 2.75) is 98.8 Å². The zero-order valence-corrected chi connectivity index (χ0v) is 34.0. The van der Waals surface area contributed by atoms with Gasteiger partial charge in [0.2, 0.25) is 23.6 Å². The molecule has 13 heteroatoms. The lowest BCUT2D eigenvalue weighted by molar-refractivity contribution is -0.133. The van der Waals surface area contributed by atoms with Crippen LogP contribution >= 0.6 is 0 Å². The van der Waals surface area contributed by atoms with Gasteiger partial charge in [-0.2, -0.15) is 0 Å². The molecule has 2 aromatic rings. The van der Waals surface area contributed by atoms with Gasteiger partial charge in [0.05, 0.1) is 47.8 Å². The number of hydrazine groups is 1. The van der Waals surface area contributed by atoms with Crippen molar-refractivity contribution >= 4 is 40.7 Å². The number of benzene rings is 2. The Hall–Kier alpha value is -4.46. The Kier molecular flexibility index (Phi) is 14.8. The Morgan fingerprint density at radius 1 is 0.778 bits per heavy atom. The SMILES string of the molecule is CNC(=O)C(C)(C)CCOC(C)(C)CC(=O)NCCC(=O)N1Cc2ccccc2/C(N(N)CC(C)(C)OCCC(C)(C)C(=O)NC)=C(/N)c2ccccc21. The lowest BCUT2D eigenvalue weighted by Gasteiger charge is -2.36. The second kappa shape index (κ2) is 18.2. The van der Waals surface area contributed by atoms with Gasteiger partial charge >= 0.3 is 0 Å². The summed E-state index contributed by atoms with van der Waals surface area (Å²) in [5.74, 6) is 6.31. The summed E-state index contributed by atoms with van der Waals surface area (Å²) in [5.41, 5.74) is 8.29. The highest BCUT2D eigenvalue weighted by Crippen LogP contribution is 2.37. The van der Waals surface area contributed by atoms with Crippen LogP contribution in [-0.4, -0.2) is 80.2 Å². The molecule has 54 heavy (non-hydrogen) atoms. The third kappa shape index (κ3) is 11.8. The molecule has 2 aromatic carbocycles. The Balaban J connectivity index is 1.75. The Bertz CT molecular complexity index is 1680. The van der Waals surface area contributed by atoms with Gasteiger partial charge < -0.3 is 41.1 Å².